The normalized spacial score (nSPS) is 12.5. The van der Waals surface area contributed by atoms with Gasteiger partial charge in [0.1, 0.15) is 11.5 Å². The third-order valence-corrected chi connectivity index (χ3v) is 4.42. The Labute approximate surface area is 152 Å². The number of carbonyl (C=O) groups excluding carboxylic acids is 1. The molecule has 2 heterocycles. The predicted octanol–water partition coefficient (Wildman–Crippen LogP) is 2.23. The van der Waals surface area contributed by atoms with Crippen molar-refractivity contribution in [2.24, 2.45) is 4.99 Å². The molecule has 1 aliphatic heterocycles. The molecule has 0 saturated carbocycles. The van der Waals surface area contributed by atoms with Crippen LogP contribution in [0.5, 0.6) is 5.75 Å². The lowest BCUT2D eigenvalue weighted by Gasteiger charge is -2.10. The first-order chi connectivity index (χ1) is 12.7. The molecule has 26 heavy (non-hydrogen) atoms. The number of carbonyl (C=O) groups is 1. The van der Waals surface area contributed by atoms with Gasteiger partial charge < -0.3 is 14.6 Å². The smallest absolute Gasteiger partial charge is 0.218 e. The van der Waals surface area contributed by atoms with Gasteiger partial charge in [-0.25, -0.2) is 4.99 Å². The van der Waals surface area contributed by atoms with Crippen molar-refractivity contribution in [3.05, 3.63) is 58.4 Å². The Hall–Kier alpha value is -2.73. The maximum absolute atomic E-state index is 12.4. The number of aliphatic imine (C=N–C) groups is 1. The number of rotatable bonds is 7. The number of nitrogens with zero attached hydrogens (tertiary/aromatic N) is 2. The van der Waals surface area contributed by atoms with Crippen molar-refractivity contribution in [2.75, 3.05) is 14.2 Å². The van der Waals surface area contributed by atoms with Gasteiger partial charge in [0.05, 0.1) is 38.6 Å². The zero-order valence-corrected chi connectivity index (χ0v) is 15.0. The number of ether oxygens (including phenoxy) is 2. The number of fused-ring (bicyclic) bond motifs is 1. The van der Waals surface area contributed by atoms with Crippen molar-refractivity contribution in [2.45, 2.75) is 32.4 Å². The third kappa shape index (κ3) is 3.75. The van der Waals surface area contributed by atoms with E-state index in [0.717, 1.165) is 22.4 Å². The minimum atomic E-state index is -0.214. The van der Waals surface area contributed by atoms with Crippen LogP contribution in [0.4, 0.5) is 0 Å². The minimum absolute atomic E-state index is 0.0955. The molecule has 1 aromatic carbocycles. The summed E-state index contributed by atoms with van der Waals surface area (Å²) < 4.78 is 10.6. The topological polar surface area (TPSA) is 81.0 Å². The molecule has 6 heteroatoms. The largest absolute Gasteiger partial charge is 0.496 e. The van der Waals surface area contributed by atoms with Gasteiger partial charge in [-0.2, -0.15) is 0 Å². The molecule has 0 spiro atoms. The summed E-state index contributed by atoms with van der Waals surface area (Å²) in [5.41, 5.74) is 3.87. The van der Waals surface area contributed by atoms with Gasteiger partial charge in [-0.3, -0.25) is 9.78 Å². The number of methoxy groups -OCH3 is 2. The highest BCUT2D eigenvalue weighted by Gasteiger charge is 2.23. The predicted molar refractivity (Wildman–Crippen MR) is 97.4 cm³/mol. The van der Waals surface area contributed by atoms with Crippen LogP contribution in [0.25, 0.3) is 0 Å². The number of Topliss-reactive ketones (excluding diaryl/α,β-unsaturated/α-hetero) is 1. The Morgan fingerprint density at radius 3 is 2.77 bits per heavy atom. The molecule has 0 amide bonds. The van der Waals surface area contributed by atoms with Gasteiger partial charge in [-0.05, 0) is 29.7 Å². The number of aliphatic hydroxyl groups excluding tert-OH is 1. The van der Waals surface area contributed by atoms with Crippen LogP contribution in [0.2, 0.25) is 0 Å². The summed E-state index contributed by atoms with van der Waals surface area (Å²) in [6.45, 7) is 0.268. The monoisotopic (exact) mass is 354 g/mol. The van der Waals surface area contributed by atoms with Gasteiger partial charge in [0.15, 0.2) is 0 Å². The molecule has 6 nitrogen and oxygen atoms in total. The molecule has 3 rings (SSSR count). The van der Waals surface area contributed by atoms with Gasteiger partial charge in [-0.1, -0.05) is 18.2 Å². The lowest BCUT2D eigenvalue weighted by Crippen LogP contribution is -2.12. The quantitative estimate of drug-likeness (QED) is 0.825. The van der Waals surface area contributed by atoms with Crippen LogP contribution in [0, 0.1) is 0 Å². The average molecular weight is 354 g/mol. The molecule has 2 aromatic rings. The lowest BCUT2D eigenvalue weighted by molar-refractivity contribution is -0.118. The molecule has 0 fully saturated rings. The SMILES string of the molecule is COC1=NCc2cc(CC(=O)CCc3ccccc3OC)nc(CO)c21. The van der Waals surface area contributed by atoms with Crippen LogP contribution >= 0.6 is 0 Å². The van der Waals surface area contributed by atoms with Crippen LogP contribution < -0.4 is 4.74 Å². The number of aliphatic hydroxyl groups is 1. The number of benzene rings is 1. The molecule has 1 aliphatic rings. The highest BCUT2D eigenvalue weighted by atomic mass is 16.5. The van der Waals surface area contributed by atoms with Gasteiger partial charge >= 0.3 is 0 Å². The second kappa shape index (κ2) is 8.10. The molecule has 1 N–H and O–H groups in total. The number of ketones is 1. The second-order valence-corrected chi connectivity index (χ2v) is 6.11. The fourth-order valence-corrected chi connectivity index (χ4v) is 3.19. The number of para-hydroxylation sites is 1. The zero-order valence-electron chi connectivity index (χ0n) is 15.0. The van der Waals surface area contributed by atoms with E-state index in [0.29, 0.717) is 36.7 Å². The van der Waals surface area contributed by atoms with Gasteiger partial charge in [0.2, 0.25) is 5.90 Å². The minimum Gasteiger partial charge on any atom is -0.496 e. The van der Waals surface area contributed by atoms with E-state index < -0.39 is 0 Å². The van der Waals surface area contributed by atoms with Crippen LogP contribution in [0.3, 0.4) is 0 Å². The van der Waals surface area contributed by atoms with E-state index in [1.807, 2.05) is 30.3 Å². The number of hydrogen-bond donors (Lipinski definition) is 1. The summed E-state index contributed by atoms with van der Waals surface area (Å²) >= 11 is 0. The number of aromatic nitrogens is 1. The molecule has 0 bridgehead atoms. The van der Waals surface area contributed by atoms with Crippen molar-refractivity contribution in [3.8, 4) is 5.75 Å². The van der Waals surface area contributed by atoms with Crippen LogP contribution in [0.15, 0.2) is 35.3 Å². The van der Waals surface area contributed by atoms with Gasteiger partial charge in [0.25, 0.3) is 0 Å². The van der Waals surface area contributed by atoms with Crippen molar-refractivity contribution in [1.29, 1.82) is 0 Å². The van der Waals surface area contributed by atoms with E-state index in [-0.39, 0.29) is 18.8 Å². The zero-order chi connectivity index (χ0) is 18.5. The van der Waals surface area contributed by atoms with Crippen LogP contribution in [-0.4, -0.2) is 36.0 Å². The van der Waals surface area contributed by atoms with E-state index in [4.69, 9.17) is 9.47 Å². The third-order valence-electron chi connectivity index (χ3n) is 4.42. The standard InChI is InChI=1S/C20H22N2O4/c1-25-18-6-4-3-5-13(18)7-8-16(24)10-15-9-14-11-21-20(26-2)19(14)17(12-23)22-15/h3-6,9,23H,7-8,10-12H2,1-2H3. The average Bonchev–Trinajstić information content (AvgIpc) is 3.09. The maximum atomic E-state index is 12.4. The van der Waals surface area contributed by atoms with E-state index in [9.17, 15) is 9.90 Å². The summed E-state index contributed by atoms with van der Waals surface area (Å²) in [5.74, 6) is 1.38. The first-order valence-corrected chi connectivity index (χ1v) is 8.51. The molecule has 0 saturated heterocycles. The summed E-state index contributed by atoms with van der Waals surface area (Å²) in [6, 6.07) is 9.58. The first kappa shape index (κ1) is 18.1. The fraction of sp³-hybridized carbons (Fsp3) is 0.350. The molecule has 0 radical (unpaired) electrons. The Balaban J connectivity index is 1.69. The number of aryl methyl sites for hydroxylation is 1. The van der Waals surface area contributed by atoms with Crippen LogP contribution in [-0.2, 0) is 35.5 Å². The molecular formula is C20H22N2O4. The van der Waals surface area contributed by atoms with E-state index in [1.54, 1.807) is 14.2 Å². The molecule has 0 unspecified atom stereocenters. The molecular weight excluding hydrogens is 332 g/mol. The summed E-state index contributed by atoms with van der Waals surface area (Å²) in [6.07, 6.45) is 1.27. The summed E-state index contributed by atoms with van der Waals surface area (Å²) in [5, 5.41) is 9.61. The molecule has 0 atom stereocenters. The number of pyridine rings is 1. The van der Waals surface area contributed by atoms with E-state index >= 15 is 0 Å². The number of hydrogen-bond acceptors (Lipinski definition) is 6. The highest BCUT2D eigenvalue weighted by Crippen LogP contribution is 2.24. The van der Waals surface area contributed by atoms with Crippen LogP contribution in [0.1, 0.15) is 34.5 Å². The van der Waals surface area contributed by atoms with Crippen molar-refractivity contribution in [3.63, 3.8) is 0 Å². The van der Waals surface area contributed by atoms with Gasteiger partial charge in [0, 0.05) is 18.5 Å². The maximum Gasteiger partial charge on any atom is 0.218 e. The Kier molecular flexibility index (Phi) is 5.63. The lowest BCUT2D eigenvalue weighted by atomic mass is 10.0. The fourth-order valence-electron chi connectivity index (χ4n) is 3.19. The Bertz CT molecular complexity index is 846. The summed E-state index contributed by atoms with van der Waals surface area (Å²) in [4.78, 5) is 21.1. The van der Waals surface area contributed by atoms with Crippen molar-refractivity contribution < 1.29 is 19.4 Å². The summed E-state index contributed by atoms with van der Waals surface area (Å²) in [7, 11) is 3.17. The van der Waals surface area contributed by atoms with Crippen molar-refractivity contribution >= 4 is 11.7 Å². The first-order valence-electron chi connectivity index (χ1n) is 8.51. The second-order valence-electron chi connectivity index (χ2n) is 6.11. The Morgan fingerprint density at radius 2 is 2.04 bits per heavy atom. The highest BCUT2D eigenvalue weighted by molar-refractivity contribution is 5.98. The Morgan fingerprint density at radius 1 is 1.23 bits per heavy atom. The van der Waals surface area contributed by atoms with E-state index in [2.05, 4.69) is 9.98 Å². The molecule has 1 aromatic heterocycles. The molecule has 136 valence electrons. The van der Waals surface area contributed by atoms with Gasteiger partial charge in [-0.15, -0.1) is 0 Å². The van der Waals surface area contributed by atoms with E-state index in [1.165, 1.54) is 0 Å². The van der Waals surface area contributed by atoms with Crippen molar-refractivity contribution in [1.82, 2.24) is 4.98 Å². The molecule has 0 aliphatic carbocycles.